The molecule has 0 saturated carbocycles. The van der Waals surface area contributed by atoms with Gasteiger partial charge in [-0.3, -0.25) is 0 Å². The van der Waals surface area contributed by atoms with Crippen molar-refractivity contribution in [1.29, 1.82) is 0 Å². The third-order valence-electron chi connectivity index (χ3n) is 1.64. The smallest absolute Gasteiger partial charge is 0.338 e. The van der Waals surface area contributed by atoms with Crippen LogP contribution >= 0.6 is 0 Å². The van der Waals surface area contributed by atoms with Gasteiger partial charge in [0.2, 0.25) is 6.86 Å². The first-order chi connectivity index (χ1) is 6.99. The number of carbonyl (C=O) groups is 1. The summed E-state index contributed by atoms with van der Waals surface area (Å²) >= 11 is 0. The van der Waals surface area contributed by atoms with Crippen molar-refractivity contribution in [2.45, 2.75) is 0 Å². The molecule has 0 saturated heterocycles. The molecule has 0 aliphatic heterocycles. The second kappa shape index (κ2) is 4.07. The van der Waals surface area contributed by atoms with E-state index < -0.39 is 41.5 Å². The highest BCUT2D eigenvalue weighted by molar-refractivity contribution is 5.89. The van der Waals surface area contributed by atoms with Crippen LogP contribution in [0.3, 0.4) is 0 Å². The Morgan fingerprint density at radius 2 is 2.13 bits per heavy atom. The maximum Gasteiger partial charge on any atom is 0.338 e. The van der Waals surface area contributed by atoms with Crippen LogP contribution in [-0.4, -0.2) is 17.9 Å². The molecule has 7 heteroatoms. The fourth-order valence-corrected chi connectivity index (χ4v) is 0.968. The minimum atomic E-state index is -1.70. The molecule has 1 rings (SSSR count). The van der Waals surface area contributed by atoms with Gasteiger partial charge < -0.3 is 15.6 Å². The molecular weight excluding hydrogens is 215 g/mol. The number of aromatic carboxylic acids is 1. The maximum atomic E-state index is 13.2. The predicted molar refractivity (Wildman–Crippen MR) is 44.3 cm³/mol. The van der Waals surface area contributed by atoms with Gasteiger partial charge in [0, 0.05) is 0 Å². The first-order valence-electron chi connectivity index (χ1n) is 3.68. The van der Waals surface area contributed by atoms with Gasteiger partial charge in [0.25, 0.3) is 0 Å². The monoisotopic (exact) mass is 221 g/mol. The van der Waals surface area contributed by atoms with E-state index >= 15 is 0 Å². The Labute approximate surface area is 82.1 Å². The highest BCUT2D eigenvalue weighted by atomic mass is 19.1. The molecule has 0 aromatic heterocycles. The molecule has 0 fully saturated rings. The number of hydrogen-bond acceptors (Lipinski definition) is 3. The number of carboxylic acids is 1. The van der Waals surface area contributed by atoms with E-state index in [2.05, 4.69) is 4.74 Å². The Hall–Kier alpha value is -1.92. The molecule has 0 aliphatic carbocycles. The summed E-state index contributed by atoms with van der Waals surface area (Å²) in [5.74, 6) is -5.22. The lowest BCUT2D eigenvalue weighted by Gasteiger charge is -2.09. The molecular formula is C8H6F3NO3. The lowest BCUT2D eigenvalue weighted by molar-refractivity contribution is 0.0689. The van der Waals surface area contributed by atoms with Crippen LogP contribution in [0.25, 0.3) is 0 Å². The number of nitrogens with two attached hydrogens (primary N) is 1. The number of rotatable bonds is 3. The normalized spacial score (nSPS) is 10.1. The van der Waals surface area contributed by atoms with Crippen LogP contribution in [0.15, 0.2) is 6.07 Å². The molecule has 0 unspecified atom stereocenters. The average Bonchev–Trinajstić information content (AvgIpc) is 2.18. The number of benzene rings is 1. The van der Waals surface area contributed by atoms with Gasteiger partial charge >= 0.3 is 5.97 Å². The highest BCUT2D eigenvalue weighted by Crippen LogP contribution is 2.30. The molecule has 0 heterocycles. The van der Waals surface area contributed by atoms with E-state index in [9.17, 15) is 18.0 Å². The molecule has 82 valence electrons. The summed E-state index contributed by atoms with van der Waals surface area (Å²) in [7, 11) is 0. The van der Waals surface area contributed by atoms with Crippen LogP contribution in [0.5, 0.6) is 5.75 Å². The Morgan fingerprint density at radius 1 is 1.53 bits per heavy atom. The zero-order chi connectivity index (χ0) is 11.6. The van der Waals surface area contributed by atoms with E-state index in [-0.39, 0.29) is 0 Å². The van der Waals surface area contributed by atoms with Gasteiger partial charge in [0.15, 0.2) is 17.4 Å². The number of nitrogen functional groups attached to an aromatic ring is 1. The minimum absolute atomic E-state index is 0.401. The molecule has 0 radical (unpaired) electrons. The third kappa shape index (κ3) is 1.95. The van der Waals surface area contributed by atoms with Crippen LogP contribution < -0.4 is 10.5 Å². The summed E-state index contributed by atoms with van der Waals surface area (Å²) in [4.78, 5) is 10.4. The van der Waals surface area contributed by atoms with Gasteiger partial charge in [-0.05, 0) is 6.07 Å². The van der Waals surface area contributed by atoms with Crippen molar-refractivity contribution in [2.24, 2.45) is 0 Å². The van der Waals surface area contributed by atoms with E-state index in [1.165, 1.54) is 0 Å². The zero-order valence-electron chi connectivity index (χ0n) is 7.26. The lowest BCUT2D eigenvalue weighted by atomic mass is 10.1. The second-order valence-corrected chi connectivity index (χ2v) is 2.52. The quantitative estimate of drug-likeness (QED) is 0.759. The first kappa shape index (κ1) is 11.2. The van der Waals surface area contributed by atoms with E-state index in [0.717, 1.165) is 0 Å². The Balaban J connectivity index is 3.41. The number of hydrogen-bond donors (Lipinski definition) is 2. The molecule has 4 nitrogen and oxygen atoms in total. The summed E-state index contributed by atoms with van der Waals surface area (Å²) in [6.45, 7) is -1.44. The number of halogens is 3. The number of alkyl halides is 1. The molecule has 0 amide bonds. The summed E-state index contributed by atoms with van der Waals surface area (Å²) in [5.41, 5.74) is 3.30. The highest BCUT2D eigenvalue weighted by Gasteiger charge is 2.21. The van der Waals surface area contributed by atoms with Crippen molar-refractivity contribution in [3.05, 3.63) is 23.3 Å². The molecule has 0 atom stereocenters. The predicted octanol–water partition coefficient (Wildman–Crippen LogP) is 1.55. The fraction of sp³-hybridized carbons (Fsp3) is 0.125. The Bertz CT molecular complexity index is 409. The fourth-order valence-electron chi connectivity index (χ4n) is 0.968. The number of anilines is 1. The number of ether oxygens (including phenoxy) is 1. The van der Waals surface area contributed by atoms with Crippen molar-refractivity contribution in [2.75, 3.05) is 12.6 Å². The van der Waals surface area contributed by atoms with Gasteiger partial charge in [-0.15, -0.1) is 0 Å². The third-order valence-corrected chi connectivity index (χ3v) is 1.64. The van der Waals surface area contributed by atoms with Crippen LogP contribution in [0.1, 0.15) is 10.4 Å². The van der Waals surface area contributed by atoms with Gasteiger partial charge in [-0.25, -0.2) is 18.0 Å². The number of carboxylic acid groups (broad SMARTS) is 1. The van der Waals surface area contributed by atoms with Crippen molar-refractivity contribution >= 4 is 11.7 Å². The largest absolute Gasteiger partial charge is 0.478 e. The van der Waals surface area contributed by atoms with Crippen LogP contribution in [0.2, 0.25) is 0 Å². The summed E-state index contributed by atoms with van der Waals surface area (Å²) in [5, 5.41) is 8.48. The summed E-state index contributed by atoms with van der Waals surface area (Å²) in [6.07, 6.45) is 0. The standard InChI is InChI=1S/C8H6F3NO3/c9-2-15-7-5(11)3(8(13)14)1-4(10)6(7)12/h1H,2,12H2,(H,13,14). The van der Waals surface area contributed by atoms with E-state index in [0.29, 0.717) is 6.07 Å². The molecule has 1 aromatic rings. The van der Waals surface area contributed by atoms with E-state index in [4.69, 9.17) is 10.8 Å². The topological polar surface area (TPSA) is 72.6 Å². The van der Waals surface area contributed by atoms with Crippen molar-refractivity contribution < 1.29 is 27.8 Å². The van der Waals surface area contributed by atoms with E-state index in [1.54, 1.807) is 0 Å². The summed E-state index contributed by atoms with van der Waals surface area (Å²) < 4.78 is 42.0. The van der Waals surface area contributed by atoms with Gasteiger partial charge in [-0.2, -0.15) is 0 Å². The Morgan fingerprint density at radius 3 is 2.60 bits per heavy atom. The SMILES string of the molecule is Nc1c(F)cc(C(=O)O)c(F)c1OCF. The average molecular weight is 221 g/mol. The zero-order valence-corrected chi connectivity index (χ0v) is 7.26. The maximum absolute atomic E-state index is 13.2. The molecule has 0 aliphatic rings. The lowest BCUT2D eigenvalue weighted by Crippen LogP contribution is -2.08. The Kier molecular flexibility index (Phi) is 3.03. The summed E-state index contributed by atoms with van der Waals surface area (Å²) in [6, 6.07) is 0.401. The van der Waals surface area contributed by atoms with Crippen LogP contribution in [-0.2, 0) is 0 Å². The van der Waals surface area contributed by atoms with Crippen LogP contribution in [0, 0.1) is 11.6 Å². The van der Waals surface area contributed by atoms with Crippen LogP contribution in [0.4, 0.5) is 18.9 Å². The molecule has 0 spiro atoms. The van der Waals surface area contributed by atoms with Gasteiger partial charge in [0.1, 0.15) is 11.3 Å². The van der Waals surface area contributed by atoms with Gasteiger partial charge in [0.05, 0.1) is 0 Å². The van der Waals surface area contributed by atoms with Crippen molar-refractivity contribution in [3.63, 3.8) is 0 Å². The second-order valence-electron chi connectivity index (χ2n) is 2.52. The molecule has 1 aromatic carbocycles. The van der Waals surface area contributed by atoms with E-state index in [1.807, 2.05) is 0 Å². The first-order valence-corrected chi connectivity index (χ1v) is 3.68. The van der Waals surface area contributed by atoms with Crippen molar-refractivity contribution in [3.8, 4) is 5.75 Å². The minimum Gasteiger partial charge on any atom is -0.478 e. The van der Waals surface area contributed by atoms with Crippen molar-refractivity contribution in [1.82, 2.24) is 0 Å². The molecule has 15 heavy (non-hydrogen) atoms. The molecule has 0 bridgehead atoms. The molecule has 3 N–H and O–H groups in total. The van der Waals surface area contributed by atoms with Gasteiger partial charge in [-0.1, -0.05) is 0 Å².